The van der Waals surface area contributed by atoms with E-state index >= 15 is 0 Å². The average molecular weight is 273 g/mol. The molecule has 5 heteroatoms. The van der Waals surface area contributed by atoms with Gasteiger partial charge in [0.2, 0.25) is 0 Å². The van der Waals surface area contributed by atoms with E-state index in [1.165, 1.54) is 0 Å². The zero-order valence-electron chi connectivity index (χ0n) is 12.7. The Morgan fingerprint density at radius 3 is 2.42 bits per heavy atom. The molecule has 0 aromatic heterocycles. The number of esters is 1. The van der Waals surface area contributed by atoms with Crippen molar-refractivity contribution in [1.82, 2.24) is 0 Å². The Kier molecular flexibility index (Phi) is 5.35. The lowest BCUT2D eigenvalue weighted by Crippen LogP contribution is -2.47. The first-order chi connectivity index (χ1) is 8.66. The second-order valence-corrected chi connectivity index (χ2v) is 6.60. The topological polar surface area (TPSA) is 70.8 Å². The largest absolute Gasteiger partial charge is 0.459 e. The molecule has 0 saturated carbocycles. The molecule has 1 saturated heterocycles. The normalized spacial score (nSPS) is 25.2. The fraction of sp³-hybridized carbons (Fsp3) is 0.929. The Bertz CT molecular complexity index is 307. The predicted octanol–water partition coefficient (Wildman–Crippen LogP) is 1.83. The Morgan fingerprint density at radius 1 is 1.26 bits per heavy atom. The zero-order chi connectivity index (χ0) is 14.7. The number of hydrogen-bond acceptors (Lipinski definition) is 5. The van der Waals surface area contributed by atoms with Crippen molar-refractivity contribution in [3.8, 4) is 0 Å². The van der Waals surface area contributed by atoms with Crippen molar-refractivity contribution in [1.29, 1.82) is 0 Å². The second kappa shape index (κ2) is 6.20. The van der Waals surface area contributed by atoms with Crippen molar-refractivity contribution in [3.05, 3.63) is 0 Å². The van der Waals surface area contributed by atoms with Crippen LogP contribution in [0.5, 0.6) is 0 Å². The third-order valence-electron chi connectivity index (χ3n) is 3.27. The van der Waals surface area contributed by atoms with Crippen LogP contribution >= 0.6 is 0 Å². The molecule has 1 aliphatic heterocycles. The van der Waals surface area contributed by atoms with Crippen LogP contribution in [0.15, 0.2) is 0 Å². The van der Waals surface area contributed by atoms with E-state index in [1.807, 2.05) is 34.6 Å². The molecule has 5 nitrogen and oxygen atoms in total. The summed E-state index contributed by atoms with van der Waals surface area (Å²) in [4.78, 5) is 12.3. The van der Waals surface area contributed by atoms with Gasteiger partial charge in [-0.1, -0.05) is 0 Å². The maximum absolute atomic E-state index is 12.3. The van der Waals surface area contributed by atoms with Crippen LogP contribution in [0.25, 0.3) is 0 Å². The molecular formula is C14H27NO4. The summed E-state index contributed by atoms with van der Waals surface area (Å²) in [5, 5.41) is 0. The van der Waals surface area contributed by atoms with Gasteiger partial charge in [-0.05, 0) is 47.6 Å². The third kappa shape index (κ3) is 4.75. The highest BCUT2D eigenvalue weighted by Crippen LogP contribution is 2.33. The fourth-order valence-electron chi connectivity index (χ4n) is 2.02. The van der Waals surface area contributed by atoms with Gasteiger partial charge in [0, 0.05) is 6.42 Å². The molecule has 1 fully saturated rings. The summed E-state index contributed by atoms with van der Waals surface area (Å²) in [7, 11) is 0. The molecule has 0 aliphatic carbocycles. The van der Waals surface area contributed by atoms with Gasteiger partial charge in [-0.2, -0.15) is 0 Å². The highest BCUT2D eigenvalue weighted by molar-refractivity contribution is 5.77. The second-order valence-electron chi connectivity index (χ2n) is 6.60. The number of ether oxygens (including phenoxy) is 3. The molecule has 2 atom stereocenters. The molecule has 0 amide bonds. The standard InChI is InChI=1S/C14H27NO4/c1-13(2,3)19-12(16)14(4,5)11-8-10(6-7-15)17-9-18-11/h10-11H,6-9,15H2,1-5H3. The first-order valence-electron chi connectivity index (χ1n) is 6.83. The van der Waals surface area contributed by atoms with E-state index in [4.69, 9.17) is 19.9 Å². The van der Waals surface area contributed by atoms with E-state index in [1.54, 1.807) is 0 Å². The van der Waals surface area contributed by atoms with Crippen molar-refractivity contribution >= 4 is 5.97 Å². The Morgan fingerprint density at radius 2 is 1.89 bits per heavy atom. The van der Waals surface area contributed by atoms with E-state index in [9.17, 15) is 4.79 Å². The first-order valence-corrected chi connectivity index (χ1v) is 6.83. The maximum Gasteiger partial charge on any atom is 0.314 e. The van der Waals surface area contributed by atoms with E-state index < -0.39 is 11.0 Å². The van der Waals surface area contributed by atoms with Crippen LogP contribution in [0.4, 0.5) is 0 Å². The number of hydrogen-bond donors (Lipinski definition) is 1. The van der Waals surface area contributed by atoms with Crippen molar-refractivity contribution < 1.29 is 19.0 Å². The lowest BCUT2D eigenvalue weighted by Gasteiger charge is -2.39. The molecule has 2 unspecified atom stereocenters. The van der Waals surface area contributed by atoms with Crippen LogP contribution in [0, 0.1) is 5.41 Å². The van der Waals surface area contributed by atoms with Crippen molar-refractivity contribution in [2.24, 2.45) is 11.1 Å². The number of nitrogens with two attached hydrogens (primary N) is 1. The van der Waals surface area contributed by atoms with Gasteiger partial charge in [-0.3, -0.25) is 4.79 Å². The van der Waals surface area contributed by atoms with Crippen LogP contribution < -0.4 is 5.73 Å². The molecule has 0 aromatic carbocycles. The summed E-state index contributed by atoms with van der Waals surface area (Å²) in [5.41, 5.74) is 4.36. The predicted molar refractivity (Wildman–Crippen MR) is 72.5 cm³/mol. The van der Waals surface area contributed by atoms with E-state index in [-0.39, 0.29) is 25.0 Å². The summed E-state index contributed by atoms with van der Waals surface area (Å²) in [6, 6.07) is 0. The highest BCUT2D eigenvalue weighted by atomic mass is 16.7. The van der Waals surface area contributed by atoms with Crippen molar-refractivity contribution in [2.75, 3.05) is 13.3 Å². The Balaban J connectivity index is 2.67. The lowest BCUT2D eigenvalue weighted by molar-refractivity contribution is -0.215. The summed E-state index contributed by atoms with van der Waals surface area (Å²) < 4.78 is 16.5. The Hall–Kier alpha value is -0.650. The minimum absolute atomic E-state index is 0.0606. The molecular weight excluding hydrogens is 246 g/mol. The van der Waals surface area contributed by atoms with E-state index in [2.05, 4.69) is 0 Å². The van der Waals surface area contributed by atoms with Crippen molar-refractivity contribution in [3.63, 3.8) is 0 Å². The minimum Gasteiger partial charge on any atom is -0.459 e. The van der Waals surface area contributed by atoms with E-state index in [0.717, 1.165) is 6.42 Å². The molecule has 1 aliphatic rings. The first kappa shape index (κ1) is 16.4. The summed E-state index contributed by atoms with van der Waals surface area (Å²) in [5.74, 6) is -0.238. The van der Waals surface area contributed by atoms with Gasteiger partial charge >= 0.3 is 5.97 Å². The third-order valence-corrected chi connectivity index (χ3v) is 3.27. The van der Waals surface area contributed by atoms with Crippen LogP contribution in [0.2, 0.25) is 0 Å². The van der Waals surface area contributed by atoms with Gasteiger partial charge < -0.3 is 19.9 Å². The smallest absolute Gasteiger partial charge is 0.314 e. The monoisotopic (exact) mass is 273 g/mol. The Labute approximate surface area is 115 Å². The van der Waals surface area contributed by atoms with Crippen LogP contribution in [-0.2, 0) is 19.0 Å². The molecule has 1 rings (SSSR count). The van der Waals surface area contributed by atoms with E-state index in [0.29, 0.717) is 13.0 Å². The van der Waals surface area contributed by atoms with Gasteiger partial charge in [0.1, 0.15) is 12.4 Å². The van der Waals surface area contributed by atoms with Gasteiger partial charge in [0.15, 0.2) is 0 Å². The average Bonchev–Trinajstić information content (AvgIpc) is 2.27. The van der Waals surface area contributed by atoms with Gasteiger partial charge in [-0.25, -0.2) is 0 Å². The molecule has 2 N–H and O–H groups in total. The number of rotatable bonds is 4. The van der Waals surface area contributed by atoms with Crippen LogP contribution in [0.1, 0.15) is 47.5 Å². The van der Waals surface area contributed by atoms with Crippen molar-refractivity contribution in [2.45, 2.75) is 65.3 Å². The zero-order valence-corrected chi connectivity index (χ0v) is 12.7. The molecule has 0 bridgehead atoms. The molecule has 0 aromatic rings. The highest BCUT2D eigenvalue weighted by Gasteiger charge is 2.43. The van der Waals surface area contributed by atoms with Gasteiger partial charge in [0.05, 0.1) is 17.6 Å². The molecule has 1 heterocycles. The molecule has 112 valence electrons. The summed E-state index contributed by atoms with van der Waals surface area (Å²) in [6.07, 6.45) is 1.31. The maximum atomic E-state index is 12.3. The SMILES string of the molecule is CC(C)(C)OC(=O)C(C)(C)C1CC(CCN)OCO1. The number of carbonyl (C=O) groups is 1. The van der Waals surface area contributed by atoms with Gasteiger partial charge in [0.25, 0.3) is 0 Å². The van der Waals surface area contributed by atoms with Crippen LogP contribution in [-0.4, -0.2) is 37.1 Å². The quantitative estimate of drug-likeness (QED) is 0.791. The molecule has 19 heavy (non-hydrogen) atoms. The summed E-state index contributed by atoms with van der Waals surface area (Å²) in [6.45, 7) is 10.1. The van der Waals surface area contributed by atoms with Gasteiger partial charge in [-0.15, -0.1) is 0 Å². The molecule has 0 spiro atoms. The fourth-order valence-corrected chi connectivity index (χ4v) is 2.02. The van der Waals surface area contributed by atoms with Crippen LogP contribution in [0.3, 0.4) is 0 Å². The summed E-state index contributed by atoms with van der Waals surface area (Å²) >= 11 is 0. The number of carbonyl (C=O) groups excluding carboxylic acids is 1. The molecule has 0 radical (unpaired) electrons. The minimum atomic E-state index is -0.691. The lowest BCUT2D eigenvalue weighted by atomic mass is 9.82.